The quantitative estimate of drug-likeness (QED) is 0.687. The van der Waals surface area contributed by atoms with Crippen molar-refractivity contribution >= 4 is 11.6 Å². The van der Waals surface area contributed by atoms with Crippen LogP contribution in [0.2, 0.25) is 5.02 Å². The lowest BCUT2D eigenvalue weighted by Crippen LogP contribution is -2.01. The first kappa shape index (κ1) is 15.6. The zero-order valence-corrected chi connectivity index (χ0v) is 13.0. The summed E-state index contributed by atoms with van der Waals surface area (Å²) in [7, 11) is 1.60. The number of halogens is 2. The predicted octanol–water partition coefficient (Wildman–Crippen LogP) is 2.36. The Hall–Kier alpha value is -2.32. The van der Waals surface area contributed by atoms with Crippen LogP contribution in [-0.2, 0) is 17.7 Å². The van der Waals surface area contributed by atoms with Crippen LogP contribution in [0.5, 0.6) is 0 Å². The third kappa shape index (κ3) is 3.72. The summed E-state index contributed by atoms with van der Waals surface area (Å²) < 4.78 is 24.7. The molecule has 0 fully saturated rings. The first-order valence-corrected chi connectivity index (χ1v) is 7.19. The lowest BCUT2D eigenvalue weighted by Gasteiger charge is -2.03. The number of aromatic nitrogens is 5. The van der Waals surface area contributed by atoms with Crippen molar-refractivity contribution in [3.05, 3.63) is 46.6 Å². The Morgan fingerprint density at radius 1 is 1.39 bits per heavy atom. The molecule has 9 heteroatoms. The minimum Gasteiger partial charge on any atom is -0.384 e. The lowest BCUT2D eigenvalue weighted by atomic mass is 10.2. The molecule has 0 unspecified atom stereocenters. The number of methoxy groups -OCH3 is 1. The van der Waals surface area contributed by atoms with Crippen molar-refractivity contribution in [2.45, 2.75) is 13.0 Å². The molecule has 0 radical (unpaired) electrons. The van der Waals surface area contributed by atoms with Crippen molar-refractivity contribution in [3.63, 3.8) is 0 Å². The monoisotopic (exact) mass is 337 g/mol. The molecule has 2 heterocycles. The Balaban J connectivity index is 1.73. The van der Waals surface area contributed by atoms with Crippen molar-refractivity contribution in [1.29, 1.82) is 0 Å². The van der Waals surface area contributed by atoms with Gasteiger partial charge in [-0.25, -0.2) is 9.07 Å². The maximum atomic E-state index is 13.0. The fourth-order valence-electron chi connectivity index (χ4n) is 1.95. The smallest absolute Gasteiger partial charge is 0.280 e. The van der Waals surface area contributed by atoms with E-state index in [1.54, 1.807) is 24.1 Å². The number of benzene rings is 1. The van der Waals surface area contributed by atoms with E-state index in [0.717, 1.165) is 5.56 Å². The van der Waals surface area contributed by atoms with Gasteiger partial charge < -0.3 is 9.26 Å². The summed E-state index contributed by atoms with van der Waals surface area (Å²) in [6.45, 7) is 0.867. The van der Waals surface area contributed by atoms with Gasteiger partial charge in [0.25, 0.3) is 5.89 Å². The maximum absolute atomic E-state index is 13.0. The van der Waals surface area contributed by atoms with Crippen molar-refractivity contribution in [2.75, 3.05) is 13.7 Å². The van der Waals surface area contributed by atoms with Crippen LogP contribution in [0.25, 0.3) is 11.6 Å². The molecule has 0 bridgehead atoms. The van der Waals surface area contributed by atoms with E-state index in [0.29, 0.717) is 36.1 Å². The number of ether oxygens (including phenoxy) is 1. The molecule has 1 aromatic carbocycles. The third-order valence-corrected chi connectivity index (χ3v) is 3.45. The molecule has 2 aromatic heterocycles. The standard InChI is InChI=1S/C14H13ClFN5O2/c1-22-5-4-13-17-14(23-19-13)12-8-21(20-18-12)7-9-2-3-10(16)6-11(9)15/h2-3,6,8H,4-5,7H2,1H3. The predicted molar refractivity (Wildman–Crippen MR) is 79.4 cm³/mol. The van der Waals surface area contributed by atoms with Gasteiger partial charge in [0.1, 0.15) is 5.82 Å². The number of nitrogens with zero attached hydrogens (tertiary/aromatic N) is 5. The first-order valence-electron chi connectivity index (χ1n) is 6.81. The molecule has 0 saturated carbocycles. The van der Waals surface area contributed by atoms with Crippen LogP contribution in [0.3, 0.4) is 0 Å². The molecule has 0 aliphatic rings. The van der Waals surface area contributed by atoms with Gasteiger partial charge in [-0.15, -0.1) is 5.10 Å². The fourth-order valence-corrected chi connectivity index (χ4v) is 2.18. The molecule has 0 aliphatic carbocycles. The van der Waals surface area contributed by atoms with E-state index < -0.39 is 0 Å². The molecule has 0 spiro atoms. The first-order chi connectivity index (χ1) is 11.2. The van der Waals surface area contributed by atoms with Gasteiger partial charge >= 0.3 is 0 Å². The molecule has 0 atom stereocenters. The number of rotatable bonds is 6. The van der Waals surface area contributed by atoms with E-state index in [1.807, 2.05) is 0 Å². The highest BCUT2D eigenvalue weighted by Crippen LogP contribution is 2.19. The Morgan fingerprint density at radius 3 is 3.04 bits per heavy atom. The summed E-state index contributed by atoms with van der Waals surface area (Å²) in [5, 5.41) is 12.2. The van der Waals surface area contributed by atoms with Crippen molar-refractivity contribution in [3.8, 4) is 11.6 Å². The van der Waals surface area contributed by atoms with Gasteiger partial charge in [-0.3, -0.25) is 0 Å². The van der Waals surface area contributed by atoms with E-state index in [4.69, 9.17) is 20.9 Å². The van der Waals surface area contributed by atoms with Crippen LogP contribution in [0.15, 0.2) is 28.9 Å². The normalized spacial score (nSPS) is 11.1. The van der Waals surface area contributed by atoms with Gasteiger partial charge in [0, 0.05) is 18.6 Å². The molecule has 0 aliphatic heterocycles. The van der Waals surface area contributed by atoms with Gasteiger partial charge in [-0.2, -0.15) is 4.98 Å². The zero-order chi connectivity index (χ0) is 16.2. The Labute approximate surface area is 136 Å². The van der Waals surface area contributed by atoms with Gasteiger partial charge in [0.15, 0.2) is 11.5 Å². The van der Waals surface area contributed by atoms with Gasteiger partial charge in [0.2, 0.25) is 0 Å². The molecular weight excluding hydrogens is 325 g/mol. The Kier molecular flexibility index (Phi) is 4.63. The molecule has 3 rings (SSSR count). The molecule has 0 saturated heterocycles. The summed E-state index contributed by atoms with van der Waals surface area (Å²) >= 11 is 6.00. The second-order valence-electron chi connectivity index (χ2n) is 4.80. The minimum absolute atomic E-state index is 0.285. The average Bonchev–Trinajstić information content (AvgIpc) is 3.17. The number of hydrogen-bond donors (Lipinski definition) is 0. The van der Waals surface area contributed by atoms with Crippen LogP contribution in [0, 0.1) is 5.82 Å². The molecule has 23 heavy (non-hydrogen) atoms. The van der Waals surface area contributed by atoms with Crippen molar-refractivity contribution < 1.29 is 13.7 Å². The van der Waals surface area contributed by atoms with E-state index in [-0.39, 0.29) is 11.7 Å². The van der Waals surface area contributed by atoms with E-state index >= 15 is 0 Å². The van der Waals surface area contributed by atoms with E-state index in [9.17, 15) is 4.39 Å². The van der Waals surface area contributed by atoms with Crippen molar-refractivity contribution in [2.24, 2.45) is 0 Å². The van der Waals surface area contributed by atoms with E-state index in [1.165, 1.54) is 12.1 Å². The fraction of sp³-hybridized carbons (Fsp3) is 0.286. The average molecular weight is 338 g/mol. The number of hydrogen-bond acceptors (Lipinski definition) is 6. The van der Waals surface area contributed by atoms with Crippen LogP contribution in [-0.4, -0.2) is 38.9 Å². The third-order valence-electron chi connectivity index (χ3n) is 3.10. The molecule has 0 N–H and O–H groups in total. The van der Waals surface area contributed by atoms with Gasteiger partial charge in [-0.1, -0.05) is 28.0 Å². The van der Waals surface area contributed by atoms with Crippen LogP contribution >= 0.6 is 11.6 Å². The Morgan fingerprint density at radius 2 is 2.26 bits per heavy atom. The molecule has 120 valence electrons. The zero-order valence-electron chi connectivity index (χ0n) is 12.2. The maximum Gasteiger partial charge on any atom is 0.280 e. The highest BCUT2D eigenvalue weighted by molar-refractivity contribution is 6.31. The summed E-state index contributed by atoms with van der Waals surface area (Å²) in [5.41, 5.74) is 1.19. The van der Waals surface area contributed by atoms with Crippen LogP contribution in [0.4, 0.5) is 4.39 Å². The van der Waals surface area contributed by atoms with Gasteiger partial charge in [-0.05, 0) is 17.7 Å². The molecular formula is C14H13ClFN5O2. The lowest BCUT2D eigenvalue weighted by molar-refractivity contribution is 0.199. The van der Waals surface area contributed by atoms with Crippen LogP contribution in [0.1, 0.15) is 11.4 Å². The minimum atomic E-state index is -0.382. The summed E-state index contributed by atoms with van der Waals surface area (Å²) in [6.07, 6.45) is 2.21. The topological polar surface area (TPSA) is 78.9 Å². The van der Waals surface area contributed by atoms with Crippen LogP contribution < -0.4 is 0 Å². The summed E-state index contributed by atoms with van der Waals surface area (Å²) in [4.78, 5) is 4.22. The van der Waals surface area contributed by atoms with Crippen molar-refractivity contribution in [1.82, 2.24) is 25.1 Å². The molecule has 3 aromatic rings. The second kappa shape index (κ2) is 6.84. The summed E-state index contributed by atoms with van der Waals surface area (Å²) in [5.74, 6) is 0.443. The molecule has 7 nitrogen and oxygen atoms in total. The highest BCUT2D eigenvalue weighted by Gasteiger charge is 2.13. The highest BCUT2D eigenvalue weighted by atomic mass is 35.5. The largest absolute Gasteiger partial charge is 0.384 e. The van der Waals surface area contributed by atoms with Gasteiger partial charge in [0.05, 0.1) is 19.3 Å². The summed E-state index contributed by atoms with van der Waals surface area (Å²) in [6, 6.07) is 4.21. The second-order valence-corrected chi connectivity index (χ2v) is 5.20. The Bertz CT molecular complexity index is 804. The SMILES string of the molecule is COCCc1noc(-c2cn(Cc3ccc(F)cc3Cl)nn2)n1. The molecule has 0 amide bonds. The van der Waals surface area contributed by atoms with E-state index in [2.05, 4.69) is 20.5 Å².